The molecule has 1 amide bonds. The van der Waals surface area contributed by atoms with Gasteiger partial charge in [-0.1, -0.05) is 22.9 Å². The minimum Gasteiger partial charge on any atom is -0.351 e. The summed E-state index contributed by atoms with van der Waals surface area (Å²) in [4.78, 5) is 16.8. The molecule has 15 heavy (non-hydrogen) atoms. The van der Waals surface area contributed by atoms with Gasteiger partial charge in [-0.15, -0.1) is 11.3 Å². The maximum atomic E-state index is 11.6. The summed E-state index contributed by atoms with van der Waals surface area (Å²) in [7, 11) is 0. The molecular weight excluding hydrogens is 276 g/mol. The van der Waals surface area contributed by atoms with Crippen molar-refractivity contribution in [3.8, 4) is 0 Å². The number of nitrogens with one attached hydrogen (secondary N) is 1. The van der Waals surface area contributed by atoms with Gasteiger partial charge < -0.3 is 5.32 Å². The molecule has 84 valence electrons. The fraction of sp³-hybridized carbons (Fsp3) is 0.600. The molecule has 1 aromatic heterocycles. The topological polar surface area (TPSA) is 42.0 Å². The molecule has 0 spiro atoms. The quantitative estimate of drug-likeness (QED) is 0.848. The first kappa shape index (κ1) is 12.6. The molecule has 0 aliphatic heterocycles. The SMILES string of the molecule is CCC(Br)CCNC(=O)c1cnc(C)s1. The molecule has 5 heteroatoms. The summed E-state index contributed by atoms with van der Waals surface area (Å²) in [6, 6.07) is 0. The summed E-state index contributed by atoms with van der Waals surface area (Å²) < 4.78 is 0. The molecule has 1 aromatic rings. The van der Waals surface area contributed by atoms with Gasteiger partial charge in [-0.3, -0.25) is 4.79 Å². The van der Waals surface area contributed by atoms with E-state index in [0.29, 0.717) is 16.2 Å². The Balaban J connectivity index is 2.31. The van der Waals surface area contributed by atoms with Gasteiger partial charge in [-0.2, -0.15) is 0 Å². The van der Waals surface area contributed by atoms with Crippen molar-refractivity contribution in [1.82, 2.24) is 10.3 Å². The zero-order valence-electron chi connectivity index (χ0n) is 8.92. The Hall–Kier alpha value is -0.420. The van der Waals surface area contributed by atoms with Crippen LogP contribution in [0.25, 0.3) is 0 Å². The van der Waals surface area contributed by atoms with E-state index in [1.165, 1.54) is 11.3 Å². The zero-order valence-corrected chi connectivity index (χ0v) is 11.3. The standard InChI is InChI=1S/C10H15BrN2OS/c1-3-8(11)4-5-12-10(14)9-6-13-7(2)15-9/h6,8H,3-5H2,1-2H3,(H,12,14). The lowest BCUT2D eigenvalue weighted by atomic mass is 10.2. The number of thiazole rings is 1. The lowest BCUT2D eigenvalue weighted by Gasteiger charge is -2.06. The Morgan fingerprint density at radius 3 is 3.00 bits per heavy atom. The van der Waals surface area contributed by atoms with E-state index >= 15 is 0 Å². The highest BCUT2D eigenvalue weighted by Crippen LogP contribution is 2.11. The number of halogens is 1. The number of carbonyl (C=O) groups excluding carboxylic acids is 1. The van der Waals surface area contributed by atoms with E-state index in [0.717, 1.165) is 17.8 Å². The smallest absolute Gasteiger partial charge is 0.263 e. The highest BCUT2D eigenvalue weighted by atomic mass is 79.9. The van der Waals surface area contributed by atoms with Crippen LogP contribution in [-0.4, -0.2) is 22.3 Å². The molecule has 0 aromatic carbocycles. The van der Waals surface area contributed by atoms with E-state index in [4.69, 9.17) is 0 Å². The Bertz CT molecular complexity index is 327. The van der Waals surface area contributed by atoms with E-state index in [1.807, 2.05) is 6.92 Å². The number of rotatable bonds is 5. The molecule has 1 atom stereocenters. The average Bonchev–Trinajstić information content (AvgIpc) is 2.64. The molecular formula is C10H15BrN2OS. The predicted octanol–water partition coefficient (Wildman–Crippen LogP) is 2.74. The molecule has 3 nitrogen and oxygen atoms in total. The Labute approximate surface area is 102 Å². The normalized spacial score (nSPS) is 12.5. The lowest BCUT2D eigenvalue weighted by Crippen LogP contribution is -2.25. The van der Waals surface area contributed by atoms with Gasteiger partial charge in [0.15, 0.2) is 0 Å². The minimum absolute atomic E-state index is 0.0172. The number of carbonyl (C=O) groups is 1. The van der Waals surface area contributed by atoms with Crippen molar-refractivity contribution in [2.75, 3.05) is 6.54 Å². The van der Waals surface area contributed by atoms with Gasteiger partial charge in [-0.05, 0) is 19.8 Å². The second-order valence-corrected chi connectivity index (χ2v) is 5.82. The molecule has 1 rings (SSSR count). The molecule has 1 unspecified atom stereocenters. The Morgan fingerprint density at radius 2 is 2.47 bits per heavy atom. The van der Waals surface area contributed by atoms with E-state index in [9.17, 15) is 4.79 Å². The van der Waals surface area contributed by atoms with E-state index in [1.54, 1.807) is 6.20 Å². The molecule has 0 aliphatic carbocycles. The fourth-order valence-electron chi connectivity index (χ4n) is 1.10. The molecule has 0 radical (unpaired) electrons. The molecule has 0 saturated heterocycles. The van der Waals surface area contributed by atoms with Crippen molar-refractivity contribution >= 4 is 33.2 Å². The molecule has 0 fully saturated rings. The van der Waals surface area contributed by atoms with Crippen molar-refractivity contribution in [3.63, 3.8) is 0 Å². The maximum absolute atomic E-state index is 11.6. The first-order chi connectivity index (χ1) is 7.13. The molecule has 0 saturated carbocycles. The third-order valence-electron chi connectivity index (χ3n) is 2.03. The summed E-state index contributed by atoms with van der Waals surface area (Å²) in [5, 5.41) is 3.80. The number of amides is 1. The number of aryl methyl sites for hydroxylation is 1. The lowest BCUT2D eigenvalue weighted by molar-refractivity contribution is 0.0957. The Morgan fingerprint density at radius 1 is 1.73 bits per heavy atom. The van der Waals surface area contributed by atoms with E-state index in [-0.39, 0.29) is 5.91 Å². The summed E-state index contributed by atoms with van der Waals surface area (Å²) in [6.45, 7) is 4.72. The maximum Gasteiger partial charge on any atom is 0.263 e. The largest absolute Gasteiger partial charge is 0.351 e. The number of alkyl halides is 1. The van der Waals surface area contributed by atoms with Gasteiger partial charge in [0.25, 0.3) is 5.91 Å². The van der Waals surface area contributed by atoms with Gasteiger partial charge in [0, 0.05) is 11.4 Å². The third-order valence-corrected chi connectivity index (χ3v) is 4.05. The number of aromatic nitrogens is 1. The van der Waals surface area contributed by atoms with E-state index < -0.39 is 0 Å². The fourth-order valence-corrected chi connectivity index (χ4v) is 2.02. The highest BCUT2D eigenvalue weighted by molar-refractivity contribution is 9.09. The average molecular weight is 291 g/mol. The van der Waals surface area contributed by atoms with Crippen LogP contribution in [0.5, 0.6) is 0 Å². The molecule has 1 heterocycles. The van der Waals surface area contributed by atoms with Crippen LogP contribution in [0.3, 0.4) is 0 Å². The van der Waals surface area contributed by atoms with Crippen LogP contribution in [0.1, 0.15) is 34.4 Å². The van der Waals surface area contributed by atoms with Crippen LogP contribution in [0.15, 0.2) is 6.20 Å². The highest BCUT2D eigenvalue weighted by Gasteiger charge is 2.08. The van der Waals surface area contributed by atoms with Crippen LogP contribution in [-0.2, 0) is 0 Å². The van der Waals surface area contributed by atoms with Gasteiger partial charge in [0.1, 0.15) is 4.88 Å². The monoisotopic (exact) mass is 290 g/mol. The van der Waals surface area contributed by atoms with E-state index in [2.05, 4.69) is 33.2 Å². The summed E-state index contributed by atoms with van der Waals surface area (Å²) in [6.07, 6.45) is 3.66. The van der Waals surface area contributed by atoms with Gasteiger partial charge in [-0.25, -0.2) is 4.98 Å². The summed E-state index contributed by atoms with van der Waals surface area (Å²) in [5.41, 5.74) is 0. The van der Waals surface area contributed by atoms with Gasteiger partial charge in [0.2, 0.25) is 0 Å². The number of hydrogen-bond donors (Lipinski definition) is 1. The van der Waals surface area contributed by atoms with Crippen molar-refractivity contribution in [1.29, 1.82) is 0 Å². The van der Waals surface area contributed by atoms with Crippen molar-refractivity contribution in [2.45, 2.75) is 31.5 Å². The van der Waals surface area contributed by atoms with Crippen molar-refractivity contribution in [3.05, 3.63) is 16.1 Å². The first-order valence-electron chi connectivity index (χ1n) is 4.98. The van der Waals surface area contributed by atoms with Crippen LogP contribution in [0, 0.1) is 6.92 Å². The molecule has 1 N–H and O–H groups in total. The first-order valence-corrected chi connectivity index (χ1v) is 6.71. The predicted molar refractivity (Wildman–Crippen MR) is 66.8 cm³/mol. The second-order valence-electron chi connectivity index (χ2n) is 3.29. The van der Waals surface area contributed by atoms with Crippen LogP contribution in [0.2, 0.25) is 0 Å². The second kappa shape index (κ2) is 6.23. The number of nitrogens with zero attached hydrogens (tertiary/aromatic N) is 1. The van der Waals surface area contributed by atoms with Crippen LogP contribution >= 0.6 is 27.3 Å². The third kappa shape index (κ3) is 4.30. The van der Waals surface area contributed by atoms with Crippen LogP contribution < -0.4 is 5.32 Å². The molecule has 0 bridgehead atoms. The van der Waals surface area contributed by atoms with Gasteiger partial charge in [0.05, 0.1) is 11.2 Å². The summed E-state index contributed by atoms with van der Waals surface area (Å²) in [5.74, 6) is -0.0172. The zero-order chi connectivity index (χ0) is 11.3. The summed E-state index contributed by atoms with van der Waals surface area (Å²) >= 11 is 4.95. The molecule has 0 aliphatic rings. The van der Waals surface area contributed by atoms with Crippen molar-refractivity contribution in [2.24, 2.45) is 0 Å². The number of hydrogen-bond acceptors (Lipinski definition) is 3. The Kier molecular flexibility index (Phi) is 5.25. The van der Waals surface area contributed by atoms with Gasteiger partial charge >= 0.3 is 0 Å². The minimum atomic E-state index is -0.0172. The van der Waals surface area contributed by atoms with Crippen LogP contribution in [0.4, 0.5) is 0 Å². The van der Waals surface area contributed by atoms with Crippen molar-refractivity contribution < 1.29 is 4.79 Å².